The van der Waals surface area contributed by atoms with Crippen molar-refractivity contribution in [1.82, 2.24) is 14.8 Å². The van der Waals surface area contributed by atoms with E-state index in [-0.39, 0.29) is 18.0 Å². The smallest absolute Gasteiger partial charge is 0.241 e. The summed E-state index contributed by atoms with van der Waals surface area (Å²) in [6.07, 6.45) is 2.50. The highest BCUT2D eigenvalue weighted by molar-refractivity contribution is 5.40. The summed E-state index contributed by atoms with van der Waals surface area (Å²) in [5.41, 5.74) is 6.95. The molecule has 1 aliphatic heterocycles. The molecule has 106 valence electrons. The topological polar surface area (TPSA) is 81.9 Å². The van der Waals surface area contributed by atoms with Crippen molar-refractivity contribution < 1.29 is 4.42 Å². The van der Waals surface area contributed by atoms with Gasteiger partial charge in [0.05, 0.1) is 12.3 Å². The van der Waals surface area contributed by atoms with Crippen LogP contribution in [-0.4, -0.2) is 14.8 Å². The Balaban J connectivity index is 1.76. The quantitative estimate of drug-likeness (QED) is 0.754. The Kier molecular flexibility index (Phi) is 2.67. The van der Waals surface area contributed by atoms with Crippen LogP contribution in [0.5, 0.6) is 0 Å². The van der Waals surface area contributed by atoms with E-state index in [0.29, 0.717) is 5.95 Å². The van der Waals surface area contributed by atoms with Gasteiger partial charge >= 0.3 is 0 Å². The molecule has 2 atom stereocenters. The van der Waals surface area contributed by atoms with Crippen LogP contribution in [0, 0.1) is 0 Å². The number of nitrogen functional groups attached to an aromatic ring is 1. The maximum Gasteiger partial charge on any atom is 0.241 e. The third-order valence-corrected chi connectivity index (χ3v) is 3.78. The minimum Gasteiger partial charge on any atom is -0.467 e. The molecular formula is C15H15N5O. The Morgan fingerprint density at radius 1 is 1.19 bits per heavy atom. The van der Waals surface area contributed by atoms with E-state index < -0.39 is 0 Å². The van der Waals surface area contributed by atoms with Gasteiger partial charge in [0, 0.05) is 6.42 Å². The average molecular weight is 281 g/mol. The highest BCUT2D eigenvalue weighted by Gasteiger charge is 2.32. The van der Waals surface area contributed by atoms with Crippen molar-refractivity contribution in [2.24, 2.45) is 0 Å². The first kappa shape index (κ1) is 12.0. The summed E-state index contributed by atoms with van der Waals surface area (Å²) in [4.78, 5) is 4.26. The van der Waals surface area contributed by atoms with Crippen LogP contribution in [0.2, 0.25) is 0 Å². The lowest BCUT2D eigenvalue weighted by Gasteiger charge is -2.30. The summed E-state index contributed by atoms with van der Waals surface area (Å²) < 4.78 is 7.37. The van der Waals surface area contributed by atoms with Gasteiger partial charge in [-0.3, -0.25) is 0 Å². The van der Waals surface area contributed by atoms with Crippen molar-refractivity contribution in [2.75, 3.05) is 11.1 Å². The summed E-state index contributed by atoms with van der Waals surface area (Å²) in [6, 6.07) is 14.3. The lowest BCUT2D eigenvalue weighted by Crippen LogP contribution is -2.27. The molecule has 0 saturated heterocycles. The first-order valence-electron chi connectivity index (χ1n) is 6.88. The Morgan fingerprint density at radius 3 is 2.81 bits per heavy atom. The lowest BCUT2D eigenvalue weighted by molar-refractivity contribution is 0.359. The third-order valence-electron chi connectivity index (χ3n) is 3.78. The summed E-state index contributed by atoms with van der Waals surface area (Å²) in [5, 5.41) is 7.67. The molecule has 0 bridgehead atoms. The third kappa shape index (κ3) is 2.05. The van der Waals surface area contributed by atoms with Gasteiger partial charge < -0.3 is 15.5 Å². The fourth-order valence-electron chi connectivity index (χ4n) is 2.82. The molecule has 0 radical (unpaired) electrons. The first-order chi connectivity index (χ1) is 10.3. The number of hydrogen-bond donors (Lipinski definition) is 2. The van der Waals surface area contributed by atoms with Gasteiger partial charge in [-0.25, -0.2) is 4.68 Å². The van der Waals surface area contributed by atoms with E-state index in [4.69, 9.17) is 10.2 Å². The van der Waals surface area contributed by atoms with Gasteiger partial charge in [-0.05, 0) is 17.7 Å². The first-order valence-corrected chi connectivity index (χ1v) is 6.88. The van der Waals surface area contributed by atoms with Gasteiger partial charge in [0.2, 0.25) is 11.9 Å². The molecule has 0 unspecified atom stereocenters. The molecule has 6 heteroatoms. The number of rotatable bonds is 2. The number of anilines is 2. The number of hydrogen-bond acceptors (Lipinski definition) is 5. The van der Waals surface area contributed by atoms with E-state index >= 15 is 0 Å². The van der Waals surface area contributed by atoms with Gasteiger partial charge in [-0.1, -0.05) is 30.3 Å². The lowest BCUT2D eigenvalue weighted by atomic mass is 9.96. The minimum atomic E-state index is -0.00810. The van der Waals surface area contributed by atoms with E-state index in [0.717, 1.165) is 12.2 Å². The highest BCUT2D eigenvalue weighted by atomic mass is 16.3. The molecule has 1 aromatic carbocycles. The number of furan rings is 1. The number of nitrogens with two attached hydrogens (primary N) is 1. The molecule has 3 heterocycles. The largest absolute Gasteiger partial charge is 0.467 e. The Morgan fingerprint density at radius 2 is 2.05 bits per heavy atom. The summed E-state index contributed by atoms with van der Waals surface area (Å²) >= 11 is 0. The molecule has 0 amide bonds. The zero-order valence-electron chi connectivity index (χ0n) is 11.3. The van der Waals surface area contributed by atoms with E-state index in [9.17, 15) is 0 Å². The zero-order chi connectivity index (χ0) is 14.2. The molecule has 6 nitrogen and oxygen atoms in total. The second kappa shape index (κ2) is 4.66. The van der Waals surface area contributed by atoms with E-state index in [1.165, 1.54) is 5.56 Å². The van der Waals surface area contributed by atoms with E-state index in [1.807, 2.05) is 30.3 Å². The molecule has 3 aromatic rings. The van der Waals surface area contributed by atoms with E-state index in [2.05, 4.69) is 27.5 Å². The van der Waals surface area contributed by atoms with Crippen LogP contribution in [0.3, 0.4) is 0 Å². The van der Waals surface area contributed by atoms with Gasteiger partial charge in [-0.15, -0.1) is 5.10 Å². The molecular weight excluding hydrogens is 266 g/mol. The predicted molar refractivity (Wildman–Crippen MR) is 78.7 cm³/mol. The monoisotopic (exact) mass is 281 g/mol. The number of aromatic nitrogens is 3. The van der Waals surface area contributed by atoms with Crippen LogP contribution in [0.15, 0.2) is 53.1 Å². The number of nitrogens with zero attached hydrogens (tertiary/aromatic N) is 3. The Hall–Kier alpha value is -2.76. The Bertz CT molecular complexity index is 735. The molecule has 3 N–H and O–H groups in total. The SMILES string of the molecule is Nc1nc2n(n1)[C@H](c1ccco1)C[C@H](c1ccccc1)N2. The molecule has 2 aromatic heterocycles. The molecule has 0 saturated carbocycles. The van der Waals surface area contributed by atoms with Crippen LogP contribution < -0.4 is 11.1 Å². The fraction of sp³-hybridized carbons (Fsp3) is 0.200. The van der Waals surface area contributed by atoms with Crippen LogP contribution in [-0.2, 0) is 0 Å². The zero-order valence-corrected chi connectivity index (χ0v) is 11.3. The summed E-state index contributed by atoms with van der Waals surface area (Å²) in [7, 11) is 0. The van der Waals surface area contributed by atoms with Crippen LogP contribution in [0.25, 0.3) is 0 Å². The normalized spacial score (nSPS) is 20.8. The summed E-state index contributed by atoms with van der Waals surface area (Å²) in [5.74, 6) is 1.81. The van der Waals surface area contributed by atoms with Gasteiger partial charge in [0.15, 0.2) is 0 Å². The van der Waals surface area contributed by atoms with Crippen molar-refractivity contribution in [3.63, 3.8) is 0 Å². The molecule has 4 rings (SSSR count). The van der Waals surface area contributed by atoms with Crippen LogP contribution in [0.1, 0.15) is 29.8 Å². The van der Waals surface area contributed by atoms with Crippen molar-refractivity contribution in [2.45, 2.75) is 18.5 Å². The minimum absolute atomic E-state index is 0.00810. The second-order valence-corrected chi connectivity index (χ2v) is 5.11. The molecule has 0 fully saturated rings. The molecule has 21 heavy (non-hydrogen) atoms. The maximum absolute atomic E-state index is 5.74. The van der Waals surface area contributed by atoms with Gasteiger partial charge in [0.25, 0.3) is 0 Å². The standard InChI is InChI=1S/C15H15N5O/c16-14-18-15-17-11(10-5-2-1-3-6-10)9-12(20(15)19-14)13-7-4-8-21-13/h1-8,11-12H,9H2,(H3,16,17,18,19)/t11-,12+/m1/s1. The number of nitrogens with one attached hydrogen (secondary N) is 1. The van der Waals surface area contributed by atoms with Crippen molar-refractivity contribution in [3.05, 3.63) is 60.1 Å². The van der Waals surface area contributed by atoms with Crippen LogP contribution in [0.4, 0.5) is 11.9 Å². The van der Waals surface area contributed by atoms with E-state index in [1.54, 1.807) is 10.9 Å². The molecule has 1 aliphatic rings. The van der Waals surface area contributed by atoms with Gasteiger partial charge in [-0.2, -0.15) is 4.98 Å². The fourth-order valence-corrected chi connectivity index (χ4v) is 2.82. The van der Waals surface area contributed by atoms with Crippen LogP contribution >= 0.6 is 0 Å². The Labute approximate surface area is 121 Å². The number of benzene rings is 1. The molecule has 0 spiro atoms. The van der Waals surface area contributed by atoms with Crippen molar-refractivity contribution >= 4 is 11.9 Å². The number of fused-ring (bicyclic) bond motifs is 1. The molecule has 0 aliphatic carbocycles. The predicted octanol–water partition coefficient (Wildman–Crippen LogP) is 2.60. The van der Waals surface area contributed by atoms with Gasteiger partial charge in [0.1, 0.15) is 11.8 Å². The average Bonchev–Trinajstić information content (AvgIpc) is 3.15. The summed E-state index contributed by atoms with van der Waals surface area (Å²) in [6.45, 7) is 0. The maximum atomic E-state index is 5.74. The van der Waals surface area contributed by atoms with Crippen molar-refractivity contribution in [3.8, 4) is 0 Å². The van der Waals surface area contributed by atoms with Crippen molar-refractivity contribution in [1.29, 1.82) is 0 Å². The highest BCUT2D eigenvalue weighted by Crippen LogP contribution is 2.37. The second-order valence-electron chi connectivity index (χ2n) is 5.11.